The first kappa shape index (κ1) is 21.0. The normalized spacial score (nSPS) is 7.50. The highest BCUT2D eigenvalue weighted by molar-refractivity contribution is 5.90. The van der Waals surface area contributed by atoms with Gasteiger partial charge in [0.15, 0.2) is 0 Å². The third-order valence-electron chi connectivity index (χ3n) is 1.15. The summed E-state index contributed by atoms with van der Waals surface area (Å²) in [5.74, 6) is -2.31. The van der Waals surface area contributed by atoms with Crippen LogP contribution in [-0.2, 0) is 14.4 Å². The molecule has 18 heavy (non-hydrogen) atoms. The van der Waals surface area contributed by atoms with E-state index in [9.17, 15) is 14.4 Å². The number of aliphatic carboxylic acids is 2. The minimum atomic E-state index is -0.935. The van der Waals surface area contributed by atoms with Crippen LogP contribution in [0.1, 0.15) is 20.8 Å². The number of rotatable bonds is 3. The summed E-state index contributed by atoms with van der Waals surface area (Å²) >= 11 is 0. The van der Waals surface area contributed by atoms with Gasteiger partial charge in [0.05, 0.1) is 0 Å². The zero-order valence-corrected chi connectivity index (χ0v) is 10.8. The zero-order chi connectivity index (χ0) is 15.5. The lowest BCUT2D eigenvalue weighted by Crippen LogP contribution is -2.10. The molecule has 0 heterocycles. The number of hydrogen-bond acceptors (Lipinski definition) is 3. The van der Waals surface area contributed by atoms with Gasteiger partial charge in [-0.05, 0) is 20.8 Å². The molecule has 0 bridgehead atoms. The standard InChI is InChI=1S/C4H7NO.2C4H6O2/c3*1-3(2)4(5)6/h1H2,2H3,(H2,5,6);2*1H2,2H3,(H,5,6). The number of primary amides is 1. The molecule has 0 aliphatic carbocycles. The molecule has 6 nitrogen and oxygen atoms in total. The second-order valence-electron chi connectivity index (χ2n) is 3.32. The summed E-state index contributed by atoms with van der Waals surface area (Å²) in [7, 11) is 0. The van der Waals surface area contributed by atoms with Crippen molar-refractivity contribution in [2.75, 3.05) is 0 Å². The third kappa shape index (κ3) is 23.4. The van der Waals surface area contributed by atoms with Crippen LogP contribution < -0.4 is 5.73 Å². The molecule has 0 saturated carbocycles. The number of carbonyl (C=O) groups excluding carboxylic acids is 1. The van der Waals surface area contributed by atoms with Gasteiger partial charge in [0, 0.05) is 16.7 Å². The van der Waals surface area contributed by atoms with Crippen LogP contribution >= 0.6 is 0 Å². The van der Waals surface area contributed by atoms with Gasteiger partial charge in [-0.15, -0.1) is 0 Å². The molecule has 102 valence electrons. The Kier molecular flexibility index (Phi) is 13.0. The maximum absolute atomic E-state index is 9.82. The number of nitrogens with two attached hydrogens (primary N) is 1. The van der Waals surface area contributed by atoms with Crippen molar-refractivity contribution in [3.05, 3.63) is 36.5 Å². The second-order valence-corrected chi connectivity index (χ2v) is 3.32. The minimum absolute atomic E-state index is 0.176. The van der Waals surface area contributed by atoms with E-state index in [1.807, 2.05) is 0 Å². The predicted octanol–water partition coefficient (Wildman–Crippen LogP) is 1.34. The lowest BCUT2D eigenvalue weighted by atomic mass is 10.3. The van der Waals surface area contributed by atoms with Gasteiger partial charge in [0.1, 0.15) is 0 Å². The molecule has 0 aromatic rings. The Morgan fingerprint density at radius 1 is 0.778 bits per heavy atom. The van der Waals surface area contributed by atoms with E-state index >= 15 is 0 Å². The van der Waals surface area contributed by atoms with Gasteiger partial charge in [-0.1, -0.05) is 19.7 Å². The highest BCUT2D eigenvalue weighted by Crippen LogP contribution is 1.81. The van der Waals surface area contributed by atoms with Crippen molar-refractivity contribution in [1.29, 1.82) is 0 Å². The highest BCUT2D eigenvalue weighted by Gasteiger charge is 1.90. The van der Waals surface area contributed by atoms with Gasteiger partial charge in [-0.3, -0.25) is 4.79 Å². The molecule has 0 fully saturated rings. The van der Waals surface area contributed by atoms with E-state index in [2.05, 4.69) is 19.7 Å². The topological polar surface area (TPSA) is 118 Å². The molecular formula is C12H19NO5. The molecule has 0 rings (SSSR count). The molecule has 0 aromatic carbocycles. The fraction of sp³-hybridized carbons (Fsp3) is 0.250. The van der Waals surface area contributed by atoms with E-state index < -0.39 is 17.8 Å². The molecule has 4 N–H and O–H groups in total. The molecule has 0 saturated heterocycles. The van der Waals surface area contributed by atoms with Crippen LogP contribution in [-0.4, -0.2) is 28.1 Å². The van der Waals surface area contributed by atoms with E-state index in [0.717, 1.165) is 0 Å². The molecule has 0 spiro atoms. The summed E-state index contributed by atoms with van der Waals surface area (Å²) in [6.45, 7) is 14.1. The van der Waals surface area contributed by atoms with Crippen LogP contribution in [0.3, 0.4) is 0 Å². The Hall–Kier alpha value is -2.37. The van der Waals surface area contributed by atoms with Crippen LogP contribution in [0, 0.1) is 0 Å². The Morgan fingerprint density at radius 3 is 0.889 bits per heavy atom. The molecule has 0 aliphatic heterocycles. The van der Waals surface area contributed by atoms with Crippen molar-refractivity contribution in [2.45, 2.75) is 20.8 Å². The summed E-state index contributed by atoms with van der Waals surface area (Å²) in [6, 6.07) is 0. The molecule has 1 amide bonds. The molecule has 0 aromatic heterocycles. The van der Waals surface area contributed by atoms with Crippen molar-refractivity contribution in [3.63, 3.8) is 0 Å². The van der Waals surface area contributed by atoms with Gasteiger partial charge in [-0.2, -0.15) is 0 Å². The first-order valence-electron chi connectivity index (χ1n) is 4.66. The Bertz CT molecular complexity index is 276. The van der Waals surface area contributed by atoms with E-state index in [4.69, 9.17) is 15.9 Å². The SMILES string of the molecule is C=C(C)C(=O)O.C=C(C)C(=O)O.C=C(C)C(N)=O. The Morgan fingerprint density at radius 2 is 0.889 bits per heavy atom. The maximum atomic E-state index is 9.82. The van der Waals surface area contributed by atoms with Crippen molar-refractivity contribution in [1.82, 2.24) is 0 Å². The Labute approximate surface area is 106 Å². The van der Waals surface area contributed by atoms with Crippen molar-refractivity contribution >= 4 is 17.8 Å². The number of carboxylic acid groups (broad SMARTS) is 2. The zero-order valence-electron chi connectivity index (χ0n) is 10.8. The van der Waals surface area contributed by atoms with Crippen LogP contribution in [0.5, 0.6) is 0 Å². The van der Waals surface area contributed by atoms with E-state index in [0.29, 0.717) is 5.57 Å². The number of hydrogen-bond donors (Lipinski definition) is 3. The first-order valence-corrected chi connectivity index (χ1v) is 4.66. The minimum Gasteiger partial charge on any atom is -0.478 e. The maximum Gasteiger partial charge on any atom is 0.330 e. The molecule has 0 aliphatic rings. The van der Waals surface area contributed by atoms with E-state index in [1.165, 1.54) is 13.8 Å². The quantitative estimate of drug-likeness (QED) is 0.659. The fourth-order valence-corrected chi connectivity index (χ4v) is 0. The smallest absolute Gasteiger partial charge is 0.330 e. The molecule has 0 atom stereocenters. The fourth-order valence-electron chi connectivity index (χ4n) is 0. The van der Waals surface area contributed by atoms with E-state index in [1.54, 1.807) is 6.92 Å². The molecular weight excluding hydrogens is 238 g/mol. The lowest BCUT2D eigenvalue weighted by Gasteiger charge is -1.81. The van der Waals surface area contributed by atoms with E-state index in [-0.39, 0.29) is 11.1 Å². The van der Waals surface area contributed by atoms with Crippen LogP contribution in [0.25, 0.3) is 0 Å². The third-order valence-corrected chi connectivity index (χ3v) is 1.15. The van der Waals surface area contributed by atoms with Crippen molar-refractivity contribution in [3.8, 4) is 0 Å². The van der Waals surface area contributed by atoms with Crippen molar-refractivity contribution in [2.24, 2.45) is 5.73 Å². The molecule has 0 unspecified atom stereocenters. The van der Waals surface area contributed by atoms with Crippen LogP contribution in [0.15, 0.2) is 36.5 Å². The molecule has 0 radical (unpaired) electrons. The predicted molar refractivity (Wildman–Crippen MR) is 68.9 cm³/mol. The Balaban J connectivity index is -0.000000187. The monoisotopic (exact) mass is 257 g/mol. The average molecular weight is 257 g/mol. The van der Waals surface area contributed by atoms with Gasteiger partial charge in [0.2, 0.25) is 5.91 Å². The summed E-state index contributed by atoms with van der Waals surface area (Å²) in [4.78, 5) is 29.0. The van der Waals surface area contributed by atoms with Gasteiger partial charge < -0.3 is 15.9 Å². The van der Waals surface area contributed by atoms with Crippen LogP contribution in [0.4, 0.5) is 0 Å². The number of carbonyl (C=O) groups is 3. The first-order chi connectivity index (χ1) is 7.93. The number of amides is 1. The van der Waals surface area contributed by atoms with Gasteiger partial charge >= 0.3 is 11.9 Å². The average Bonchev–Trinajstić information content (AvgIpc) is 2.18. The summed E-state index contributed by atoms with van der Waals surface area (Å²) in [5.41, 5.74) is 5.45. The largest absolute Gasteiger partial charge is 0.478 e. The van der Waals surface area contributed by atoms with Gasteiger partial charge in [0.25, 0.3) is 0 Å². The molecule has 6 heteroatoms. The van der Waals surface area contributed by atoms with Gasteiger partial charge in [-0.25, -0.2) is 9.59 Å². The summed E-state index contributed by atoms with van der Waals surface area (Å²) < 4.78 is 0. The lowest BCUT2D eigenvalue weighted by molar-refractivity contribution is -0.133. The highest BCUT2D eigenvalue weighted by atomic mass is 16.4. The second kappa shape index (κ2) is 11.1. The number of carboxylic acids is 2. The van der Waals surface area contributed by atoms with Crippen LogP contribution in [0.2, 0.25) is 0 Å². The summed E-state index contributed by atoms with van der Waals surface area (Å²) in [6.07, 6.45) is 0. The summed E-state index contributed by atoms with van der Waals surface area (Å²) in [5, 5.41) is 15.8. The van der Waals surface area contributed by atoms with Crippen molar-refractivity contribution < 1.29 is 24.6 Å².